The topological polar surface area (TPSA) is 68.5 Å². The van der Waals surface area contributed by atoms with Gasteiger partial charge in [0.2, 0.25) is 5.91 Å². The van der Waals surface area contributed by atoms with Gasteiger partial charge in [-0.05, 0) is 38.3 Å². The van der Waals surface area contributed by atoms with E-state index in [-0.39, 0.29) is 24.2 Å². The molecule has 1 aromatic heterocycles. The van der Waals surface area contributed by atoms with Crippen LogP contribution in [0.4, 0.5) is 0 Å². The Morgan fingerprint density at radius 1 is 1.15 bits per heavy atom. The third kappa shape index (κ3) is 3.66. The minimum atomic E-state index is -0.120. The first-order valence-corrected chi connectivity index (χ1v) is 9.96. The van der Waals surface area contributed by atoms with E-state index in [1.54, 1.807) is 9.13 Å². The largest absolute Gasteiger partial charge is 0.380 e. The molecule has 1 N–H and O–H groups in total. The van der Waals surface area contributed by atoms with Gasteiger partial charge >= 0.3 is 5.69 Å². The van der Waals surface area contributed by atoms with Crippen LogP contribution in [0.15, 0.2) is 29.1 Å². The van der Waals surface area contributed by atoms with Gasteiger partial charge in [-0.1, -0.05) is 12.1 Å². The number of hydrogen-bond acceptors (Lipinski definition) is 4. The van der Waals surface area contributed by atoms with Crippen molar-refractivity contribution >= 4 is 16.9 Å². The van der Waals surface area contributed by atoms with Crippen LogP contribution in [0.3, 0.4) is 0 Å². The molecule has 0 unspecified atom stereocenters. The van der Waals surface area contributed by atoms with Crippen molar-refractivity contribution in [3.63, 3.8) is 0 Å². The molecule has 3 heterocycles. The lowest BCUT2D eigenvalue weighted by molar-refractivity contribution is -0.122. The smallest absolute Gasteiger partial charge is 0.329 e. The predicted molar refractivity (Wildman–Crippen MR) is 104 cm³/mol. The lowest BCUT2D eigenvalue weighted by Crippen LogP contribution is -2.49. The third-order valence-electron chi connectivity index (χ3n) is 5.86. The Hall–Kier alpha value is -2.12. The molecule has 7 nitrogen and oxygen atoms in total. The number of likely N-dealkylation sites (tertiary alicyclic amines) is 1. The summed E-state index contributed by atoms with van der Waals surface area (Å²) in [5, 5.41) is 3.13. The summed E-state index contributed by atoms with van der Waals surface area (Å²) in [6.45, 7) is 6.30. The summed E-state index contributed by atoms with van der Waals surface area (Å²) < 4.78 is 8.78. The van der Waals surface area contributed by atoms with Gasteiger partial charge in [-0.3, -0.25) is 18.8 Å². The maximum atomic E-state index is 12.7. The second-order valence-electron chi connectivity index (χ2n) is 7.50. The van der Waals surface area contributed by atoms with Gasteiger partial charge in [0.15, 0.2) is 0 Å². The molecule has 0 spiro atoms. The summed E-state index contributed by atoms with van der Waals surface area (Å²) in [6, 6.07) is 8.38. The lowest BCUT2D eigenvalue weighted by atomic mass is 10.0. The number of aryl methyl sites for hydroxylation is 1. The molecule has 2 aliphatic heterocycles. The van der Waals surface area contributed by atoms with Crippen molar-refractivity contribution in [2.45, 2.75) is 51.4 Å². The number of ether oxygens (including phenoxy) is 1. The maximum Gasteiger partial charge on any atom is 0.329 e. The Morgan fingerprint density at radius 2 is 1.85 bits per heavy atom. The fraction of sp³-hybridized carbons (Fsp3) is 0.600. The van der Waals surface area contributed by atoms with Gasteiger partial charge in [-0.15, -0.1) is 0 Å². The molecule has 0 bridgehead atoms. The van der Waals surface area contributed by atoms with Gasteiger partial charge in [0.25, 0.3) is 0 Å². The Labute approximate surface area is 158 Å². The molecule has 2 fully saturated rings. The highest BCUT2D eigenvalue weighted by molar-refractivity contribution is 5.81. The summed E-state index contributed by atoms with van der Waals surface area (Å²) >= 11 is 0. The van der Waals surface area contributed by atoms with Gasteiger partial charge in [0.1, 0.15) is 6.54 Å². The first kappa shape index (κ1) is 18.3. The number of piperidine rings is 1. The summed E-state index contributed by atoms with van der Waals surface area (Å²) in [5.74, 6) is -0.0845. The van der Waals surface area contributed by atoms with E-state index in [0.29, 0.717) is 12.6 Å². The van der Waals surface area contributed by atoms with Crippen molar-refractivity contribution in [2.75, 3.05) is 26.3 Å². The predicted octanol–water partition coefficient (Wildman–Crippen LogP) is 1.19. The van der Waals surface area contributed by atoms with Gasteiger partial charge in [-0.25, -0.2) is 4.79 Å². The van der Waals surface area contributed by atoms with E-state index in [2.05, 4.69) is 10.2 Å². The molecule has 1 aromatic carbocycles. The molecule has 0 saturated carbocycles. The fourth-order valence-corrected chi connectivity index (χ4v) is 4.37. The average molecular weight is 372 g/mol. The summed E-state index contributed by atoms with van der Waals surface area (Å²) in [6.07, 6.45) is 3.02. The number of rotatable bonds is 5. The molecular formula is C20H28N4O3. The number of aromatic nitrogens is 2. The van der Waals surface area contributed by atoms with E-state index in [4.69, 9.17) is 4.74 Å². The number of benzene rings is 1. The molecule has 1 amide bonds. The molecule has 0 radical (unpaired) electrons. The molecule has 2 saturated heterocycles. The molecule has 146 valence electrons. The number of imidazole rings is 1. The molecule has 7 heteroatoms. The fourth-order valence-electron chi connectivity index (χ4n) is 4.37. The lowest BCUT2D eigenvalue weighted by Gasteiger charge is -2.35. The van der Waals surface area contributed by atoms with Crippen LogP contribution in [0.5, 0.6) is 0 Å². The van der Waals surface area contributed by atoms with Crippen molar-refractivity contribution in [2.24, 2.45) is 0 Å². The first-order chi connectivity index (χ1) is 13.2. The number of carbonyl (C=O) groups is 1. The Kier molecular flexibility index (Phi) is 5.31. The van der Waals surface area contributed by atoms with E-state index in [1.165, 1.54) is 0 Å². The minimum Gasteiger partial charge on any atom is -0.380 e. The zero-order valence-corrected chi connectivity index (χ0v) is 15.9. The minimum absolute atomic E-state index is 0.0724. The van der Waals surface area contributed by atoms with Crippen molar-refractivity contribution in [3.8, 4) is 0 Å². The molecule has 1 atom stereocenters. The molecule has 4 rings (SSSR count). The molecule has 0 aliphatic carbocycles. The van der Waals surface area contributed by atoms with Gasteiger partial charge in [-0.2, -0.15) is 0 Å². The SMILES string of the molecule is CCn1c(=O)n(CC(=O)NC2CCN([C@@H]3CCOC3)CC2)c2ccccc21. The number of nitrogens with zero attached hydrogens (tertiary/aromatic N) is 3. The van der Waals surface area contributed by atoms with Crippen LogP contribution in [0.25, 0.3) is 11.0 Å². The van der Waals surface area contributed by atoms with E-state index in [1.807, 2.05) is 31.2 Å². The number of amides is 1. The highest BCUT2D eigenvalue weighted by Crippen LogP contribution is 2.19. The zero-order chi connectivity index (χ0) is 18.8. The number of para-hydroxylation sites is 2. The molecule has 27 heavy (non-hydrogen) atoms. The van der Waals surface area contributed by atoms with Gasteiger partial charge in [0.05, 0.1) is 17.6 Å². The van der Waals surface area contributed by atoms with Crippen LogP contribution in [-0.4, -0.2) is 58.3 Å². The average Bonchev–Trinajstić information content (AvgIpc) is 3.30. The molecule has 2 aliphatic rings. The third-order valence-corrected chi connectivity index (χ3v) is 5.86. The van der Waals surface area contributed by atoms with Crippen LogP contribution in [0.2, 0.25) is 0 Å². The number of hydrogen-bond donors (Lipinski definition) is 1. The van der Waals surface area contributed by atoms with Crippen molar-refractivity contribution in [3.05, 3.63) is 34.7 Å². The quantitative estimate of drug-likeness (QED) is 0.856. The van der Waals surface area contributed by atoms with Gasteiger partial charge in [0, 0.05) is 38.3 Å². The summed E-state index contributed by atoms with van der Waals surface area (Å²) in [4.78, 5) is 27.7. The highest BCUT2D eigenvalue weighted by atomic mass is 16.5. The second kappa shape index (κ2) is 7.86. The van der Waals surface area contributed by atoms with Crippen LogP contribution in [-0.2, 0) is 22.6 Å². The van der Waals surface area contributed by atoms with E-state index < -0.39 is 0 Å². The van der Waals surface area contributed by atoms with Crippen molar-refractivity contribution in [1.29, 1.82) is 0 Å². The summed E-state index contributed by atoms with van der Waals surface area (Å²) in [5.41, 5.74) is 1.57. The highest BCUT2D eigenvalue weighted by Gasteiger charge is 2.28. The van der Waals surface area contributed by atoms with E-state index >= 15 is 0 Å². The zero-order valence-electron chi connectivity index (χ0n) is 15.9. The Bertz CT molecular complexity index is 858. The molecular weight excluding hydrogens is 344 g/mol. The monoisotopic (exact) mass is 372 g/mol. The van der Waals surface area contributed by atoms with Gasteiger partial charge < -0.3 is 10.1 Å². The molecule has 2 aromatic rings. The van der Waals surface area contributed by atoms with Crippen molar-refractivity contribution in [1.82, 2.24) is 19.4 Å². The van der Waals surface area contributed by atoms with Crippen LogP contribution < -0.4 is 11.0 Å². The van der Waals surface area contributed by atoms with Crippen LogP contribution >= 0.6 is 0 Å². The number of nitrogens with one attached hydrogen (secondary N) is 1. The number of carbonyl (C=O) groups excluding carboxylic acids is 1. The van der Waals surface area contributed by atoms with E-state index in [9.17, 15) is 9.59 Å². The van der Waals surface area contributed by atoms with Crippen LogP contribution in [0.1, 0.15) is 26.2 Å². The Balaban J connectivity index is 1.38. The Morgan fingerprint density at radius 3 is 2.48 bits per heavy atom. The number of fused-ring (bicyclic) bond motifs is 1. The first-order valence-electron chi connectivity index (χ1n) is 9.96. The maximum absolute atomic E-state index is 12.7. The normalized spacial score (nSPS) is 21.7. The van der Waals surface area contributed by atoms with Crippen molar-refractivity contribution < 1.29 is 9.53 Å². The second-order valence-corrected chi connectivity index (χ2v) is 7.50. The van der Waals surface area contributed by atoms with E-state index in [0.717, 1.165) is 56.6 Å². The summed E-state index contributed by atoms with van der Waals surface area (Å²) in [7, 11) is 0. The van der Waals surface area contributed by atoms with Crippen LogP contribution in [0, 0.1) is 0 Å². The standard InChI is InChI=1S/C20H28N4O3/c1-2-23-17-5-3-4-6-18(17)24(20(23)26)13-19(25)21-15-7-10-22(11-8-15)16-9-12-27-14-16/h3-6,15-16H,2,7-14H2,1H3,(H,21,25)/t16-/m1/s1.